The third kappa shape index (κ3) is 4.59. The van der Waals surface area contributed by atoms with E-state index in [1.54, 1.807) is 0 Å². The maximum absolute atomic E-state index is 3.96. The Morgan fingerprint density at radius 2 is 1.80 bits per heavy atom. The van der Waals surface area contributed by atoms with Crippen molar-refractivity contribution >= 4 is 31.9 Å². The summed E-state index contributed by atoms with van der Waals surface area (Å²) in [6.07, 6.45) is 6.70. The first-order chi connectivity index (χ1) is 9.36. The van der Waals surface area contributed by atoms with Gasteiger partial charge in [0.25, 0.3) is 0 Å². The van der Waals surface area contributed by atoms with Gasteiger partial charge in [-0.1, -0.05) is 64.8 Å². The first-order valence-corrected chi connectivity index (χ1v) is 9.45. The molecule has 0 aliphatic heterocycles. The fraction of sp³-hybridized carbons (Fsp3) is 0.667. The monoisotopic (exact) mass is 400 g/mol. The summed E-state index contributed by atoms with van der Waals surface area (Å²) in [4.78, 5) is 0.623. The van der Waals surface area contributed by atoms with Gasteiger partial charge in [-0.15, -0.1) is 0 Å². The first-order valence-electron chi connectivity index (χ1n) is 7.75. The van der Waals surface area contributed by atoms with E-state index in [1.807, 2.05) is 0 Å². The molecule has 0 amide bonds. The molecule has 1 unspecified atom stereocenters. The van der Waals surface area contributed by atoms with Gasteiger partial charge in [-0.2, -0.15) is 0 Å². The van der Waals surface area contributed by atoms with Crippen LogP contribution in [0.4, 0.5) is 0 Å². The van der Waals surface area contributed by atoms with E-state index >= 15 is 0 Å². The van der Waals surface area contributed by atoms with E-state index in [2.05, 4.69) is 76.9 Å². The number of benzene rings is 1. The summed E-state index contributed by atoms with van der Waals surface area (Å²) in [6, 6.07) is 8.71. The highest BCUT2D eigenvalue weighted by Crippen LogP contribution is 2.42. The molecule has 20 heavy (non-hydrogen) atoms. The van der Waals surface area contributed by atoms with Crippen molar-refractivity contribution in [3.63, 3.8) is 0 Å². The van der Waals surface area contributed by atoms with Crippen molar-refractivity contribution in [2.24, 2.45) is 17.3 Å². The molecule has 2 heteroatoms. The summed E-state index contributed by atoms with van der Waals surface area (Å²) >= 11 is 7.52. The lowest BCUT2D eigenvalue weighted by Gasteiger charge is -2.38. The second-order valence-corrected chi connectivity index (χ2v) is 9.42. The van der Waals surface area contributed by atoms with Crippen molar-refractivity contribution in [3.8, 4) is 0 Å². The average molecular weight is 402 g/mol. The Bertz CT molecular complexity index is 425. The van der Waals surface area contributed by atoms with Crippen LogP contribution in [0.15, 0.2) is 28.7 Å². The lowest BCUT2D eigenvalue weighted by molar-refractivity contribution is 0.149. The Kier molecular flexibility index (Phi) is 5.76. The number of hydrogen-bond acceptors (Lipinski definition) is 0. The van der Waals surface area contributed by atoms with Crippen LogP contribution in [-0.2, 0) is 6.42 Å². The fourth-order valence-electron chi connectivity index (χ4n) is 3.40. The Labute approximate surface area is 141 Å². The molecule has 0 saturated heterocycles. The smallest absolute Gasteiger partial charge is 0.0214 e. The third-order valence-corrected chi connectivity index (χ3v) is 6.39. The molecule has 1 fully saturated rings. The lowest BCUT2D eigenvalue weighted by atomic mass is 9.69. The van der Waals surface area contributed by atoms with Crippen molar-refractivity contribution in [1.82, 2.24) is 0 Å². The van der Waals surface area contributed by atoms with E-state index in [1.165, 1.54) is 35.7 Å². The molecule has 0 radical (unpaired) electrons. The Balaban J connectivity index is 1.87. The van der Waals surface area contributed by atoms with Crippen molar-refractivity contribution in [3.05, 3.63) is 34.3 Å². The maximum atomic E-state index is 3.96. The standard InChI is InChI=1S/C18H26Br2/c1-18(2,3)15-9-7-14(8-10-15)17(20)12-13-5-4-6-16(19)11-13/h4-6,11,14-15,17H,7-10,12H2,1-3H3. The van der Waals surface area contributed by atoms with E-state index in [9.17, 15) is 0 Å². The predicted molar refractivity (Wildman–Crippen MR) is 95.5 cm³/mol. The molecule has 0 N–H and O–H groups in total. The third-order valence-electron chi connectivity index (χ3n) is 4.83. The summed E-state index contributed by atoms with van der Waals surface area (Å²) < 4.78 is 1.19. The zero-order valence-electron chi connectivity index (χ0n) is 12.8. The van der Waals surface area contributed by atoms with Crippen LogP contribution < -0.4 is 0 Å². The Morgan fingerprint density at radius 3 is 2.35 bits per heavy atom. The molecule has 112 valence electrons. The highest BCUT2D eigenvalue weighted by molar-refractivity contribution is 9.10. The molecule has 0 heterocycles. The number of halogens is 2. The molecule has 0 bridgehead atoms. The van der Waals surface area contributed by atoms with Crippen LogP contribution in [0.5, 0.6) is 0 Å². The Hall–Kier alpha value is 0.180. The minimum absolute atomic E-state index is 0.483. The van der Waals surface area contributed by atoms with Crippen LogP contribution in [0.1, 0.15) is 52.0 Å². The molecule has 1 saturated carbocycles. The largest absolute Gasteiger partial charge is 0.0884 e. The Morgan fingerprint density at radius 1 is 1.15 bits per heavy atom. The predicted octanol–water partition coefficient (Wildman–Crippen LogP) is 6.61. The fourth-order valence-corrected chi connectivity index (χ4v) is 4.75. The molecule has 0 aromatic heterocycles. The number of alkyl halides is 1. The second kappa shape index (κ2) is 6.96. The molecule has 1 aliphatic rings. The minimum atomic E-state index is 0.483. The van der Waals surface area contributed by atoms with Gasteiger partial charge in [-0.25, -0.2) is 0 Å². The van der Waals surface area contributed by atoms with Crippen LogP contribution in [-0.4, -0.2) is 4.83 Å². The lowest BCUT2D eigenvalue weighted by Crippen LogP contribution is -2.29. The molecule has 2 rings (SSSR count). The number of rotatable bonds is 3. The zero-order valence-corrected chi connectivity index (χ0v) is 16.0. The van der Waals surface area contributed by atoms with Crippen LogP contribution >= 0.6 is 31.9 Å². The van der Waals surface area contributed by atoms with Gasteiger partial charge in [0.1, 0.15) is 0 Å². The highest BCUT2D eigenvalue weighted by atomic mass is 79.9. The second-order valence-electron chi connectivity index (χ2n) is 7.33. The van der Waals surface area contributed by atoms with E-state index in [-0.39, 0.29) is 0 Å². The van der Waals surface area contributed by atoms with Gasteiger partial charge >= 0.3 is 0 Å². The van der Waals surface area contributed by atoms with E-state index in [4.69, 9.17) is 0 Å². The van der Waals surface area contributed by atoms with Crippen LogP contribution in [0.25, 0.3) is 0 Å². The topological polar surface area (TPSA) is 0 Å². The SMILES string of the molecule is CC(C)(C)C1CCC(C(Br)Cc2cccc(Br)c2)CC1. The molecule has 1 aromatic rings. The van der Waals surface area contributed by atoms with Gasteiger partial charge in [0.2, 0.25) is 0 Å². The van der Waals surface area contributed by atoms with Crippen molar-refractivity contribution in [2.45, 2.75) is 57.7 Å². The highest BCUT2D eigenvalue weighted by Gasteiger charge is 2.32. The normalized spacial score (nSPS) is 25.4. The molecule has 0 nitrogen and oxygen atoms in total. The zero-order chi connectivity index (χ0) is 14.8. The summed E-state index contributed by atoms with van der Waals surface area (Å²) in [6.45, 7) is 7.18. The van der Waals surface area contributed by atoms with Gasteiger partial charge in [-0.05, 0) is 67.1 Å². The average Bonchev–Trinajstić information content (AvgIpc) is 2.38. The molecule has 1 aromatic carbocycles. The summed E-state index contributed by atoms with van der Waals surface area (Å²) in [5, 5.41) is 0. The van der Waals surface area contributed by atoms with E-state index < -0.39 is 0 Å². The summed E-state index contributed by atoms with van der Waals surface area (Å²) in [5.41, 5.74) is 1.91. The first kappa shape index (κ1) is 16.5. The van der Waals surface area contributed by atoms with E-state index in [0.717, 1.165) is 18.3 Å². The van der Waals surface area contributed by atoms with E-state index in [0.29, 0.717) is 10.2 Å². The molecular weight excluding hydrogens is 376 g/mol. The quantitative estimate of drug-likeness (QED) is 0.500. The van der Waals surface area contributed by atoms with Gasteiger partial charge < -0.3 is 0 Å². The molecular formula is C18H26Br2. The number of hydrogen-bond donors (Lipinski definition) is 0. The van der Waals surface area contributed by atoms with Gasteiger partial charge in [0.05, 0.1) is 0 Å². The molecule has 1 atom stereocenters. The van der Waals surface area contributed by atoms with Crippen molar-refractivity contribution in [1.29, 1.82) is 0 Å². The van der Waals surface area contributed by atoms with Gasteiger partial charge in [0.15, 0.2) is 0 Å². The van der Waals surface area contributed by atoms with Crippen molar-refractivity contribution < 1.29 is 0 Å². The molecule has 0 spiro atoms. The van der Waals surface area contributed by atoms with Gasteiger partial charge in [0, 0.05) is 9.30 Å². The minimum Gasteiger partial charge on any atom is -0.0884 e. The molecule has 1 aliphatic carbocycles. The van der Waals surface area contributed by atoms with Gasteiger partial charge in [-0.3, -0.25) is 0 Å². The summed E-state index contributed by atoms with van der Waals surface area (Å²) in [7, 11) is 0. The maximum Gasteiger partial charge on any atom is 0.0214 e. The van der Waals surface area contributed by atoms with Crippen LogP contribution in [0, 0.1) is 17.3 Å². The summed E-state index contributed by atoms with van der Waals surface area (Å²) in [5.74, 6) is 1.75. The van der Waals surface area contributed by atoms with Crippen LogP contribution in [0.3, 0.4) is 0 Å². The van der Waals surface area contributed by atoms with Crippen molar-refractivity contribution in [2.75, 3.05) is 0 Å². The van der Waals surface area contributed by atoms with Crippen LogP contribution in [0.2, 0.25) is 0 Å².